The first-order valence-electron chi connectivity index (χ1n) is 6.84. The number of hydrogen-bond acceptors (Lipinski definition) is 3. The highest BCUT2D eigenvalue weighted by molar-refractivity contribution is 5.81. The Morgan fingerprint density at radius 3 is 3.06 bits per heavy atom. The summed E-state index contributed by atoms with van der Waals surface area (Å²) >= 11 is 0. The Balaban J connectivity index is 1.68. The van der Waals surface area contributed by atoms with Gasteiger partial charge in [0.05, 0.1) is 13.2 Å². The molecule has 2 aliphatic rings. The maximum absolute atomic E-state index is 11.9. The molecule has 1 saturated heterocycles. The highest BCUT2D eigenvalue weighted by Crippen LogP contribution is 2.27. The van der Waals surface area contributed by atoms with E-state index < -0.39 is 0 Å². The molecule has 0 aromatic rings. The van der Waals surface area contributed by atoms with Gasteiger partial charge in [0, 0.05) is 13.1 Å². The highest BCUT2D eigenvalue weighted by Gasteiger charge is 2.23. The van der Waals surface area contributed by atoms with E-state index in [9.17, 15) is 4.79 Å². The van der Waals surface area contributed by atoms with Crippen molar-refractivity contribution in [2.24, 2.45) is 11.8 Å². The molecule has 2 fully saturated rings. The lowest BCUT2D eigenvalue weighted by atomic mass is 9.82. The fourth-order valence-corrected chi connectivity index (χ4v) is 2.85. The average molecular weight is 240 g/mol. The van der Waals surface area contributed by atoms with E-state index in [0.29, 0.717) is 19.1 Å². The topological polar surface area (TPSA) is 50.4 Å². The minimum absolute atomic E-state index is 0.0999. The molecular weight excluding hydrogens is 216 g/mol. The number of ether oxygens (including phenoxy) is 1. The van der Waals surface area contributed by atoms with E-state index in [2.05, 4.69) is 17.6 Å². The molecule has 2 rings (SSSR count). The molecule has 2 N–H and O–H groups in total. The molecule has 17 heavy (non-hydrogen) atoms. The summed E-state index contributed by atoms with van der Waals surface area (Å²) in [4.78, 5) is 11.9. The monoisotopic (exact) mass is 240 g/mol. The summed E-state index contributed by atoms with van der Waals surface area (Å²) in [5.74, 6) is 1.59. The van der Waals surface area contributed by atoms with Gasteiger partial charge in [0.2, 0.25) is 5.91 Å². The molecule has 0 radical (unpaired) electrons. The molecule has 0 spiro atoms. The Kier molecular flexibility index (Phi) is 4.80. The zero-order valence-corrected chi connectivity index (χ0v) is 10.7. The Hall–Kier alpha value is -0.610. The Labute approximate surface area is 103 Å². The smallest absolute Gasteiger partial charge is 0.239 e. The van der Waals surface area contributed by atoms with Crippen molar-refractivity contribution in [2.45, 2.75) is 38.6 Å². The second kappa shape index (κ2) is 6.36. The standard InChI is InChI=1S/C13H24N2O2/c1-10-3-2-4-11(7-10)8-15-13(16)12-9-17-6-5-14-12/h10-12,14H,2-9H2,1H3,(H,15,16). The molecule has 98 valence electrons. The van der Waals surface area contributed by atoms with Gasteiger partial charge in [0.25, 0.3) is 0 Å². The first-order chi connectivity index (χ1) is 8.25. The first kappa shape index (κ1) is 12.8. The van der Waals surface area contributed by atoms with Gasteiger partial charge in [-0.15, -0.1) is 0 Å². The Morgan fingerprint density at radius 1 is 1.47 bits per heavy atom. The summed E-state index contributed by atoms with van der Waals surface area (Å²) in [6.07, 6.45) is 5.18. The summed E-state index contributed by atoms with van der Waals surface area (Å²) in [7, 11) is 0. The number of rotatable bonds is 3. The van der Waals surface area contributed by atoms with Gasteiger partial charge in [-0.1, -0.05) is 19.8 Å². The fraction of sp³-hybridized carbons (Fsp3) is 0.923. The van der Waals surface area contributed by atoms with Crippen LogP contribution in [0.4, 0.5) is 0 Å². The summed E-state index contributed by atoms with van der Waals surface area (Å²) in [5, 5.41) is 6.24. The van der Waals surface area contributed by atoms with Gasteiger partial charge >= 0.3 is 0 Å². The van der Waals surface area contributed by atoms with Gasteiger partial charge in [-0.25, -0.2) is 0 Å². The number of morpholine rings is 1. The number of carbonyl (C=O) groups is 1. The molecule has 4 nitrogen and oxygen atoms in total. The largest absolute Gasteiger partial charge is 0.378 e. The molecule has 1 heterocycles. The van der Waals surface area contributed by atoms with Gasteiger partial charge in [0.15, 0.2) is 0 Å². The predicted molar refractivity (Wildman–Crippen MR) is 66.7 cm³/mol. The van der Waals surface area contributed by atoms with Crippen molar-refractivity contribution in [1.29, 1.82) is 0 Å². The van der Waals surface area contributed by atoms with Crippen LogP contribution in [-0.2, 0) is 9.53 Å². The third kappa shape index (κ3) is 3.96. The summed E-state index contributed by atoms with van der Waals surface area (Å²) in [6, 6.07) is -0.148. The molecule has 3 unspecified atom stereocenters. The van der Waals surface area contributed by atoms with Crippen LogP contribution in [0.2, 0.25) is 0 Å². The molecule has 1 saturated carbocycles. The van der Waals surface area contributed by atoms with Crippen molar-refractivity contribution in [3.05, 3.63) is 0 Å². The second-order valence-corrected chi connectivity index (χ2v) is 5.46. The third-order valence-electron chi connectivity index (χ3n) is 3.85. The van der Waals surface area contributed by atoms with Gasteiger partial charge in [-0.3, -0.25) is 4.79 Å². The highest BCUT2D eigenvalue weighted by atomic mass is 16.5. The SMILES string of the molecule is CC1CCCC(CNC(=O)C2COCCN2)C1. The van der Waals surface area contributed by atoms with E-state index in [0.717, 1.165) is 19.0 Å². The van der Waals surface area contributed by atoms with Crippen LogP contribution in [0.1, 0.15) is 32.6 Å². The van der Waals surface area contributed by atoms with Gasteiger partial charge < -0.3 is 15.4 Å². The summed E-state index contributed by atoms with van der Waals surface area (Å²) in [6.45, 7) is 5.14. The van der Waals surface area contributed by atoms with Crippen LogP contribution >= 0.6 is 0 Å². The Morgan fingerprint density at radius 2 is 2.35 bits per heavy atom. The van der Waals surface area contributed by atoms with Crippen LogP contribution in [0.5, 0.6) is 0 Å². The summed E-state index contributed by atoms with van der Waals surface area (Å²) < 4.78 is 5.29. The molecule has 0 aromatic heterocycles. The molecule has 4 heteroatoms. The lowest BCUT2D eigenvalue weighted by molar-refractivity contribution is -0.126. The number of carbonyl (C=O) groups excluding carboxylic acids is 1. The minimum atomic E-state index is -0.148. The normalized spacial score (nSPS) is 34.3. The zero-order chi connectivity index (χ0) is 12.1. The second-order valence-electron chi connectivity index (χ2n) is 5.46. The Bertz CT molecular complexity index is 252. The van der Waals surface area contributed by atoms with Crippen LogP contribution in [0, 0.1) is 11.8 Å². The van der Waals surface area contributed by atoms with Crippen LogP contribution in [0.15, 0.2) is 0 Å². The molecule has 1 aliphatic heterocycles. The number of amides is 1. The van der Waals surface area contributed by atoms with Crippen molar-refractivity contribution in [2.75, 3.05) is 26.3 Å². The van der Waals surface area contributed by atoms with Gasteiger partial charge in [-0.2, -0.15) is 0 Å². The average Bonchev–Trinajstić information content (AvgIpc) is 2.37. The van der Waals surface area contributed by atoms with E-state index in [1.165, 1.54) is 25.7 Å². The van der Waals surface area contributed by atoms with Crippen molar-refractivity contribution < 1.29 is 9.53 Å². The van der Waals surface area contributed by atoms with E-state index in [1.54, 1.807) is 0 Å². The van der Waals surface area contributed by atoms with Crippen molar-refractivity contribution in [3.8, 4) is 0 Å². The fourth-order valence-electron chi connectivity index (χ4n) is 2.85. The quantitative estimate of drug-likeness (QED) is 0.771. The summed E-state index contributed by atoms with van der Waals surface area (Å²) in [5.41, 5.74) is 0. The molecule has 0 aromatic carbocycles. The van der Waals surface area contributed by atoms with Crippen molar-refractivity contribution in [3.63, 3.8) is 0 Å². The van der Waals surface area contributed by atoms with Crippen molar-refractivity contribution in [1.82, 2.24) is 10.6 Å². The van der Waals surface area contributed by atoms with E-state index in [4.69, 9.17) is 4.74 Å². The lowest BCUT2D eigenvalue weighted by Gasteiger charge is -2.28. The number of nitrogens with one attached hydrogen (secondary N) is 2. The van der Waals surface area contributed by atoms with Crippen molar-refractivity contribution >= 4 is 5.91 Å². The molecule has 3 atom stereocenters. The van der Waals surface area contributed by atoms with Crippen LogP contribution < -0.4 is 10.6 Å². The van der Waals surface area contributed by atoms with E-state index in [-0.39, 0.29) is 11.9 Å². The molecule has 0 bridgehead atoms. The van der Waals surface area contributed by atoms with Crippen LogP contribution in [-0.4, -0.2) is 38.3 Å². The number of hydrogen-bond donors (Lipinski definition) is 2. The van der Waals surface area contributed by atoms with Crippen LogP contribution in [0.3, 0.4) is 0 Å². The van der Waals surface area contributed by atoms with Gasteiger partial charge in [-0.05, 0) is 24.7 Å². The van der Waals surface area contributed by atoms with E-state index in [1.807, 2.05) is 0 Å². The third-order valence-corrected chi connectivity index (χ3v) is 3.85. The maximum atomic E-state index is 11.9. The first-order valence-corrected chi connectivity index (χ1v) is 6.84. The van der Waals surface area contributed by atoms with Crippen LogP contribution in [0.25, 0.3) is 0 Å². The maximum Gasteiger partial charge on any atom is 0.239 e. The molecule has 1 amide bonds. The predicted octanol–water partition coefficient (Wildman–Crippen LogP) is 0.917. The zero-order valence-electron chi connectivity index (χ0n) is 10.7. The lowest BCUT2D eigenvalue weighted by Crippen LogP contribution is -2.52. The van der Waals surface area contributed by atoms with Gasteiger partial charge in [0.1, 0.15) is 6.04 Å². The van der Waals surface area contributed by atoms with E-state index >= 15 is 0 Å². The molecule has 1 aliphatic carbocycles. The molecular formula is C13H24N2O2. The minimum Gasteiger partial charge on any atom is -0.378 e.